The first-order valence-corrected chi connectivity index (χ1v) is 14.3. The number of fused-ring (bicyclic) bond motifs is 3. The van der Waals surface area contributed by atoms with Crippen molar-refractivity contribution in [1.29, 1.82) is 0 Å². The number of aromatic nitrogens is 6. The SMILES string of the molecule is CC1OC2C(CN1C1CC(CCc3nc4ccc(C(C)(C)C)cc4[nH]3)C1)OC(n1cnc3c(N)ncnc31)C2O. The first kappa shape index (κ1) is 25.8. The number of nitrogens with one attached hydrogen (secondary N) is 1. The van der Waals surface area contributed by atoms with E-state index >= 15 is 0 Å². The quantitative estimate of drug-likeness (QED) is 0.344. The molecule has 11 heteroatoms. The second-order valence-corrected chi connectivity index (χ2v) is 12.7. The number of nitrogen functional groups attached to an aromatic ring is 1. The maximum absolute atomic E-state index is 11.1. The molecule has 5 heterocycles. The summed E-state index contributed by atoms with van der Waals surface area (Å²) in [4.78, 5) is 23.4. The number of nitrogens with zero attached hydrogens (tertiary/aromatic N) is 6. The van der Waals surface area contributed by atoms with Gasteiger partial charge in [-0.15, -0.1) is 0 Å². The highest BCUT2D eigenvalue weighted by Gasteiger charge is 2.52. The Hall–Kier alpha value is -3.12. The van der Waals surface area contributed by atoms with Crippen LogP contribution in [0.4, 0.5) is 5.82 Å². The Bertz CT molecular complexity index is 1540. The van der Waals surface area contributed by atoms with Gasteiger partial charge >= 0.3 is 0 Å². The zero-order valence-electron chi connectivity index (χ0n) is 23.5. The van der Waals surface area contributed by atoms with E-state index in [9.17, 15) is 5.11 Å². The first-order valence-electron chi connectivity index (χ1n) is 14.3. The van der Waals surface area contributed by atoms with Gasteiger partial charge in [0.05, 0.1) is 17.4 Å². The summed E-state index contributed by atoms with van der Waals surface area (Å²) in [5.41, 5.74) is 10.6. The number of aliphatic hydroxyl groups is 1. The fourth-order valence-electron chi connectivity index (χ4n) is 6.62. The van der Waals surface area contributed by atoms with Gasteiger partial charge in [-0.2, -0.15) is 0 Å². The molecular formula is C29H38N8O3. The molecule has 11 nitrogen and oxygen atoms in total. The molecule has 0 spiro atoms. The third-order valence-electron chi connectivity index (χ3n) is 9.05. The predicted molar refractivity (Wildman–Crippen MR) is 150 cm³/mol. The lowest BCUT2D eigenvalue weighted by Gasteiger charge is -2.49. The van der Waals surface area contributed by atoms with Crippen molar-refractivity contribution in [2.75, 3.05) is 12.3 Å². The largest absolute Gasteiger partial charge is 0.386 e. The normalized spacial score (nSPS) is 31.1. The van der Waals surface area contributed by atoms with Crippen LogP contribution in [0.3, 0.4) is 0 Å². The van der Waals surface area contributed by atoms with Crippen molar-refractivity contribution in [3.63, 3.8) is 0 Å². The molecule has 4 N–H and O–H groups in total. The fourth-order valence-corrected chi connectivity index (χ4v) is 6.62. The summed E-state index contributed by atoms with van der Waals surface area (Å²) >= 11 is 0. The van der Waals surface area contributed by atoms with E-state index in [0.717, 1.165) is 49.1 Å². The second kappa shape index (κ2) is 9.47. The van der Waals surface area contributed by atoms with Gasteiger partial charge in [0.25, 0.3) is 0 Å². The number of aryl methyl sites for hydroxylation is 1. The number of aromatic amines is 1. The maximum Gasteiger partial charge on any atom is 0.167 e. The van der Waals surface area contributed by atoms with Crippen molar-refractivity contribution < 1.29 is 14.6 Å². The van der Waals surface area contributed by atoms with E-state index < -0.39 is 18.4 Å². The molecule has 4 aromatic rings. The lowest BCUT2D eigenvalue weighted by molar-refractivity contribution is -0.199. The molecular weight excluding hydrogens is 508 g/mol. The minimum atomic E-state index is -0.833. The Balaban J connectivity index is 0.959. The van der Waals surface area contributed by atoms with Crippen LogP contribution in [0.2, 0.25) is 0 Å². The molecule has 3 aromatic heterocycles. The van der Waals surface area contributed by atoms with E-state index in [1.54, 1.807) is 10.9 Å². The number of hydrogen-bond acceptors (Lipinski definition) is 9. The Labute approximate surface area is 233 Å². The highest BCUT2D eigenvalue weighted by Crippen LogP contribution is 2.42. The van der Waals surface area contributed by atoms with Gasteiger partial charge in [-0.05, 0) is 55.2 Å². The number of hydrogen-bond donors (Lipinski definition) is 3. The molecule has 40 heavy (non-hydrogen) atoms. The van der Waals surface area contributed by atoms with Gasteiger partial charge in [0.15, 0.2) is 17.7 Å². The minimum Gasteiger partial charge on any atom is -0.386 e. The molecule has 0 amide bonds. The van der Waals surface area contributed by atoms with Gasteiger partial charge in [-0.25, -0.2) is 19.9 Å². The molecule has 1 aromatic carbocycles. The summed E-state index contributed by atoms with van der Waals surface area (Å²) in [6.45, 7) is 9.50. The van der Waals surface area contributed by atoms with Crippen LogP contribution in [0.5, 0.6) is 0 Å². The molecule has 2 saturated heterocycles. The molecule has 0 radical (unpaired) electrons. The van der Waals surface area contributed by atoms with Crippen LogP contribution in [0.15, 0.2) is 30.9 Å². The molecule has 7 rings (SSSR count). The fraction of sp³-hybridized carbons (Fsp3) is 0.586. The topological polar surface area (TPSA) is 140 Å². The molecule has 1 saturated carbocycles. The van der Waals surface area contributed by atoms with Crippen LogP contribution >= 0.6 is 0 Å². The van der Waals surface area contributed by atoms with Crippen LogP contribution < -0.4 is 5.73 Å². The lowest BCUT2D eigenvalue weighted by atomic mass is 9.76. The van der Waals surface area contributed by atoms with E-state index in [4.69, 9.17) is 20.2 Å². The molecule has 5 atom stereocenters. The van der Waals surface area contributed by atoms with Crippen LogP contribution in [0.25, 0.3) is 22.2 Å². The number of imidazole rings is 2. The van der Waals surface area contributed by atoms with Crippen molar-refractivity contribution in [3.8, 4) is 0 Å². The Kier molecular flexibility index (Phi) is 6.12. The number of aliphatic hydroxyl groups excluding tert-OH is 1. The number of benzene rings is 1. The number of H-pyrrole nitrogens is 1. The Morgan fingerprint density at radius 1 is 1.15 bits per heavy atom. The van der Waals surface area contributed by atoms with Gasteiger partial charge < -0.3 is 25.3 Å². The van der Waals surface area contributed by atoms with Gasteiger partial charge in [0, 0.05) is 19.0 Å². The van der Waals surface area contributed by atoms with Crippen molar-refractivity contribution in [1.82, 2.24) is 34.4 Å². The molecule has 3 fully saturated rings. The summed E-state index contributed by atoms with van der Waals surface area (Å²) in [6, 6.07) is 7.01. The third kappa shape index (κ3) is 4.36. The molecule has 212 valence electrons. The lowest BCUT2D eigenvalue weighted by Crippen LogP contribution is -2.59. The third-order valence-corrected chi connectivity index (χ3v) is 9.05. The van der Waals surface area contributed by atoms with Gasteiger partial charge in [-0.1, -0.05) is 26.8 Å². The van der Waals surface area contributed by atoms with Crippen LogP contribution in [0.1, 0.15) is 64.6 Å². The highest BCUT2D eigenvalue weighted by molar-refractivity contribution is 5.81. The monoisotopic (exact) mass is 546 g/mol. The van der Waals surface area contributed by atoms with Crippen molar-refractivity contribution in [2.24, 2.45) is 5.92 Å². The van der Waals surface area contributed by atoms with Gasteiger partial charge in [0.2, 0.25) is 0 Å². The molecule has 0 bridgehead atoms. The van der Waals surface area contributed by atoms with Crippen molar-refractivity contribution in [2.45, 2.75) is 95.6 Å². The standard InChI is InChI=1S/C29H38N8O3/c1-15-36(12-21-25(39-15)24(38)28(40-21)37-14-33-23-26(30)31-13-32-27(23)37)18-9-16(10-18)5-8-22-34-19-7-6-17(29(2,3)4)11-20(19)35-22/h6-7,11,13-16,18,21,24-25,28,38H,5,8-10,12H2,1-4H3,(H,34,35)(H2,30,31,32). The van der Waals surface area contributed by atoms with Crippen molar-refractivity contribution >= 4 is 28.0 Å². The van der Waals surface area contributed by atoms with Gasteiger partial charge in [0.1, 0.15) is 42.2 Å². The van der Waals surface area contributed by atoms with Crippen LogP contribution in [0, 0.1) is 5.92 Å². The molecule has 1 aliphatic carbocycles. The maximum atomic E-state index is 11.1. The number of ether oxygens (including phenoxy) is 2. The van der Waals surface area contributed by atoms with Crippen LogP contribution in [-0.4, -0.2) is 76.6 Å². The smallest absolute Gasteiger partial charge is 0.167 e. The first-order chi connectivity index (χ1) is 19.2. The molecule has 2 aliphatic heterocycles. The van der Waals surface area contributed by atoms with E-state index in [-0.39, 0.29) is 17.7 Å². The summed E-state index contributed by atoms with van der Waals surface area (Å²) in [6.07, 6.45) is 5.13. The van der Waals surface area contributed by atoms with E-state index in [1.165, 1.54) is 11.9 Å². The van der Waals surface area contributed by atoms with E-state index in [2.05, 4.69) is 70.7 Å². The molecule has 3 aliphatic rings. The Morgan fingerprint density at radius 2 is 1.98 bits per heavy atom. The highest BCUT2D eigenvalue weighted by atomic mass is 16.6. The average molecular weight is 547 g/mol. The zero-order chi connectivity index (χ0) is 27.8. The number of anilines is 1. The summed E-state index contributed by atoms with van der Waals surface area (Å²) in [5, 5.41) is 11.1. The van der Waals surface area contributed by atoms with E-state index in [1.807, 2.05) is 0 Å². The number of rotatable bonds is 5. The molecule has 5 unspecified atom stereocenters. The second-order valence-electron chi connectivity index (χ2n) is 12.7. The summed E-state index contributed by atoms with van der Waals surface area (Å²) < 4.78 is 14.4. The Morgan fingerprint density at radius 3 is 2.77 bits per heavy atom. The predicted octanol–water partition coefficient (Wildman–Crippen LogP) is 3.30. The van der Waals surface area contributed by atoms with E-state index in [0.29, 0.717) is 28.9 Å². The minimum absolute atomic E-state index is 0.0888. The summed E-state index contributed by atoms with van der Waals surface area (Å²) in [7, 11) is 0. The summed E-state index contributed by atoms with van der Waals surface area (Å²) in [5.74, 6) is 2.04. The van der Waals surface area contributed by atoms with Crippen LogP contribution in [-0.2, 0) is 21.3 Å². The van der Waals surface area contributed by atoms with Crippen molar-refractivity contribution in [3.05, 3.63) is 42.2 Å². The number of nitrogens with two attached hydrogens (primary N) is 1. The van der Waals surface area contributed by atoms with Gasteiger partial charge in [-0.3, -0.25) is 9.47 Å². The zero-order valence-corrected chi connectivity index (χ0v) is 23.5. The average Bonchev–Trinajstić information content (AvgIpc) is 3.58.